The van der Waals surface area contributed by atoms with Gasteiger partial charge in [0.15, 0.2) is 0 Å². The largest absolute Gasteiger partial charge is 0.381 e. The number of nitrogens with one attached hydrogen (secondary N) is 1. The predicted octanol–water partition coefficient (Wildman–Crippen LogP) is 1.60. The molecular formula is C11H21Cl2N3O. The quantitative estimate of drug-likeness (QED) is 0.911. The van der Waals surface area contributed by atoms with Crippen LogP contribution in [0.4, 0.5) is 0 Å². The molecule has 17 heavy (non-hydrogen) atoms. The van der Waals surface area contributed by atoms with Crippen molar-refractivity contribution in [2.75, 3.05) is 26.3 Å². The lowest BCUT2D eigenvalue weighted by atomic mass is 9.92. The van der Waals surface area contributed by atoms with Crippen molar-refractivity contribution in [1.29, 1.82) is 0 Å². The van der Waals surface area contributed by atoms with Crippen LogP contribution in [-0.4, -0.2) is 36.1 Å². The van der Waals surface area contributed by atoms with Gasteiger partial charge in [-0.1, -0.05) is 0 Å². The van der Waals surface area contributed by atoms with Crippen LogP contribution in [0.5, 0.6) is 0 Å². The zero-order valence-electron chi connectivity index (χ0n) is 10.3. The third-order valence-electron chi connectivity index (χ3n) is 3.03. The molecule has 100 valence electrons. The highest BCUT2D eigenvalue weighted by molar-refractivity contribution is 5.85. The lowest BCUT2D eigenvalue weighted by Gasteiger charge is -2.16. The van der Waals surface area contributed by atoms with Crippen molar-refractivity contribution in [3.05, 3.63) is 18.0 Å². The van der Waals surface area contributed by atoms with Crippen LogP contribution < -0.4 is 5.32 Å². The SMILES string of the molecule is CCOCC1CNCC1c1cnn(C)c1.Cl.Cl. The molecule has 1 aromatic rings. The molecule has 6 heteroatoms. The van der Waals surface area contributed by atoms with E-state index in [0.717, 1.165) is 26.3 Å². The fourth-order valence-electron chi connectivity index (χ4n) is 2.20. The number of hydrogen-bond donors (Lipinski definition) is 1. The average molecular weight is 282 g/mol. The van der Waals surface area contributed by atoms with Crippen LogP contribution in [0.2, 0.25) is 0 Å². The molecule has 1 fully saturated rings. The Bertz CT molecular complexity index is 319. The third-order valence-corrected chi connectivity index (χ3v) is 3.03. The Hall–Kier alpha value is -0.290. The minimum atomic E-state index is 0. The van der Waals surface area contributed by atoms with Crippen LogP contribution in [-0.2, 0) is 11.8 Å². The molecular weight excluding hydrogens is 261 g/mol. The first-order valence-electron chi connectivity index (χ1n) is 5.58. The molecule has 0 bridgehead atoms. The van der Waals surface area contributed by atoms with Gasteiger partial charge in [-0.25, -0.2) is 0 Å². The standard InChI is InChI=1S/C11H19N3O.2ClH/c1-3-15-8-10-4-12-6-11(10)9-5-13-14(2)7-9;;/h5,7,10-12H,3-4,6,8H2,1-2H3;2*1H. The first-order valence-corrected chi connectivity index (χ1v) is 5.58. The molecule has 2 heterocycles. The summed E-state index contributed by atoms with van der Waals surface area (Å²) >= 11 is 0. The summed E-state index contributed by atoms with van der Waals surface area (Å²) in [6.07, 6.45) is 4.08. The zero-order chi connectivity index (χ0) is 10.7. The smallest absolute Gasteiger partial charge is 0.0525 e. The molecule has 0 spiro atoms. The van der Waals surface area contributed by atoms with Gasteiger partial charge in [-0.05, 0) is 12.5 Å². The molecule has 0 radical (unpaired) electrons. The molecule has 0 amide bonds. The zero-order valence-corrected chi connectivity index (χ0v) is 11.9. The molecule has 1 aromatic heterocycles. The van der Waals surface area contributed by atoms with Gasteiger partial charge in [0.05, 0.1) is 12.8 Å². The number of ether oxygens (including phenoxy) is 1. The predicted molar refractivity (Wildman–Crippen MR) is 73.3 cm³/mol. The van der Waals surface area contributed by atoms with E-state index in [4.69, 9.17) is 4.74 Å². The number of aromatic nitrogens is 2. The molecule has 2 unspecified atom stereocenters. The van der Waals surface area contributed by atoms with Gasteiger partial charge in [0.25, 0.3) is 0 Å². The van der Waals surface area contributed by atoms with Gasteiger partial charge in [-0.2, -0.15) is 5.10 Å². The fraction of sp³-hybridized carbons (Fsp3) is 0.727. The summed E-state index contributed by atoms with van der Waals surface area (Å²) in [5.74, 6) is 1.15. The van der Waals surface area contributed by atoms with Crippen molar-refractivity contribution in [3.8, 4) is 0 Å². The van der Waals surface area contributed by atoms with Gasteiger partial charge in [0.2, 0.25) is 0 Å². The van der Waals surface area contributed by atoms with Crippen molar-refractivity contribution in [2.24, 2.45) is 13.0 Å². The maximum absolute atomic E-state index is 5.51. The van der Waals surface area contributed by atoms with Gasteiger partial charge in [0.1, 0.15) is 0 Å². The van der Waals surface area contributed by atoms with Gasteiger partial charge in [-0.3, -0.25) is 4.68 Å². The second-order valence-corrected chi connectivity index (χ2v) is 4.13. The number of rotatable bonds is 4. The Balaban J connectivity index is 0.00000128. The van der Waals surface area contributed by atoms with Gasteiger partial charge < -0.3 is 10.1 Å². The highest BCUT2D eigenvalue weighted by Crippen LogP contribution is 2.27. The van der Waals surface area contributed by atoms with Crippen molar-refractivity contribution in [1.82, 2.24) is 15.1 Å². The second-order valence-electron chi connectivity index (χ2n) is 4.13. The van der Waals surface area contributed by atoms with Crippen LogP contribution in [0.3, 0.4) is 0 Å². The van der Waals surface area contributed by atoms with E-state index in [9.17, 15) is 0 Å². The summed E-state index contributed by atoms with van der Waals surface area (Å²) in [5.41, 5.74) is 1.33. The molecule has 1 aliphatic heterocycles. The van der Waals surface area contributed by atoms with E-state index in [1.54, 1.807) is 0 Å². The van der Waals surface area contributed by atoms with Gasteiger partial charge >= 0.3 is 0 Å². The highest BCUT2D eigenvalue weighted by atomic mass is 35.5. The van der Waals surface area contributed by atoms with E-state index in [2.05, 4.69) is 16.6 Å². The molecule has 1 N–H and O–H groups in total. The first kappa shape index (κ1) is 16.7. The Morgan fingerprint density at radius 2 is 2.24 bits per heavy atom. The normalized spacial score (nSPS) is 22.9. The summed E-state index contributed by atoms with van der Waals surface area (Å²) in [5, 5.41) is 7.65. The van der Waals surface area contributed by atoms with Gasteiger partial charge in [-0.15, -0.1) is 24.8 Å². The van der Waals surface area contributed by atoms with Crippen LogP contribution in [0.15, 0.2) is 12.4 Å². The lowest BCUT2D eigenvalue weighted by molar-refractivity contribution is 0.111. The monoisotopic (exact) mass is 281 g/mol. The molecule has 2 atom stereocenters. The Labute approximate surface area is 115 Å². The lowest BCUT2D eigenvalue weighted by Crippen LogP contribution is -2.17. The molecule has 1 saturated heterocycles. The van der Waals surface area contributed by atoms with Crippen molar-refractivity contribution in [3.63, 3.8) is 0 Å². The minimum absolute atomic E-state index is 0. The first-order chi connectivity index (χ1) is 7.31. The van der Waals surface area contributed by atoms with E-state index in [1.165, 1.54) is 5.56 Å². The van der Waals surface area contributed by atoms with Crippen LogP contribution >= 0.6 is 24.8 Å². The summed E-state index contributed by atoms with van der Waals surface area (Å²) in [7, 11) is 1.96. The average Bonchev–Trinajstić information content (AvgIpc) is 2.82. The fourth-order valence-corrected chi connectivity index (χ4v) is 2.20. The Morgan fingerprint density at radius 1 is 1.47 bits per heavy atom. The van der Waals surface area contributed by atoms with Gasteiger partial charge in [0, 0.05) is 44.8 Å². The Kier molecular flexibility index (Phi) is 7.79. The van der Waals surface area contributed by atoms with E-state index in [0.29, 0.717) is 11.8 Å². The molecule has 0 aliphatic carbocycles. The summed E-state index contributed by atoms with van der Waals surface area (Å²) in [4.78, 5) is 0. The third kappa shape index (κ3) is 4.14. The Morgan fingerprint density at radius 3 is 2.82 bits per heavy atom. The van der Waals surface area contributed by atoms with E-state index >= 15 is 0 Å². The number of hydrogen-bond acceptors (Lipinski definition) is 3. The van der Waals surface area contributed by atoms with Crippen molar-refractivity contribution < 1.29 is 4.74 Å². The van der Waals surface area contributed by atoms with Crippen molar-refractivity contribution in [2.45, 2.75) is 12.8 Å². The minimum Gasteiger partial charge on any atom is -0.381 e. The molecule has 0 aromatic carbocycles. The number of aryl methyl sites for hydroxylation is 1. The van der Waals surface area contributed by atoms with E-state index < -0.39 is 0 Å². The molecule has 0 saturated carbocycles. The topological polar surface area (TPSA) is 39.1 Å². The van der Waals surface area contributed by atoms with Crippen LogP contribution in [0, 0.1) is 5.92 Å². The van der Waals surface area contributed by atoms with E-state index in [-0.39, 0.29) is 24.8 Å². The molecule has 2 rings (SSSR count). The summed E-state index contributed by atoms with van der Waals surface area (Å²) in [6, 6.07) is 0. The maximum atomic E-state index is 5.51. The summed E-state index contributed by atoms with van der Waals surface area (Å²) in [6.45, 7) is 5.80. The summed E-state index contributed by atoms with van der Waals surface area (Å²) < 4.78 is 7.38. The highest BCUT2D eigenvalue weighted by Gasteiger charge is 2.29. The maximum Gasteiger partial charge on any atom is 0.0525 e. The molecule has 1 aliphatic rings. The number of halogens is 2. The van der Waals surface area contributed by atoms with Crippen LogP contribution in [0.25, 0.3) is 0 Å². The molecule has 4 nitrogen and oxygen atoms in total. The van der Waals surface area contributed by atoms with Crippen LogP contribution in [0.1, 0.15) is 18.4 Å². The second kappa shape index (κ2) is 7.93. The number of nitrogens with zero attached hydrogens (tertiary/aromatic N) is 2. The van der Waals surface area contributed by atoms with E-state index in [1.807, 2.05) is 24.9 Å². The van der Waals surface area contributed by atoms with Crippen molar-refractivity contribution >= 4 is 24.8 Å².